The summed E-state index contributed by atoms with van der Waals surface area (Å²) in [6.45, 7) is 1.33. The van der Waals surface area contributed by atoms with Crippen LogP contribution in [0, 0.1) is 0 Å². The number of aliphatic carboxylic acids is 1. The molecule has 1 aromatic carbocycles. The molecular formula is C11H11NO4. The molecule has 0 radical (unpaired) electrons. The van der Waals surface area contributed by atoms with E-state index in [1.165, 1.54) is 31.2 Å². The summed E-state index contributed by atoms with van der Waals surface area (Å²) < 4.78 is 0. The van der Waals surface area contributed by atoms with Crippen LogP contribution in [0.3, 0.4) is 0 Å². The maximum absolute atomic E-state index is 10.9. The Morgan fingerprint density at radius 2 is 2.06 bits per heavy atom. The van der Waals surface area contributed by atoms with Gasteiger partial charge in [0.2, 0.25) is 5.91 Å². The van der Waals surface area contributed by atoms with Crippen LogP contribution in [0.5, 0.6) is 5.75 Å². The predicted molar refractivity (Wildman–Crippen MR) is 59.1 cm³/mol. The van der Waals surface area contributed by atoms with E-state index < -0.39 is 5.97 Å². The number of benzene rings is 1. The minimum absolute atomic E-state index is 0.00350. The predicted octanol–water partition coefficient (Wildman–Crippen LogP) is 1.45. The number of nitrogens with one attached hydrogen (secondary N) is 1. The number of carboxylic acids is 1. The van der Waals surface area contributed by atoms with Crippen molar-refractivity contribution in [3.63, 3.8) is 0 Å². The van der Waals surface area contributed by atoms with E-state index in [0.717, 1.165) is 6.08 Å². The summed E-state index contributed by atoms with van der Waals surface area (Å²) in [5.74, 6) is -1.38. The average molecular weight is 221 g/mol. The molecule has 1 aromatic rings. The van der Waals surface area contributed by atoms with E-state index >= 15 is 0 Å². The number of phenolic OH excluding ortho intramolecular Hbond substituents is 1. The van der Waals surface area contributed by atoms with Crippen LogP contribution >= 0.6 is 0 Å². The van der Waals surface area contributed by atoms with Crippen molar-refractivity contribution in [2.24, 2.45) is 0 Å². The monoisotopic (exact) mass is 221 g/mol. The summed E-state index contributed by atoms with van der Waals surface area (Å²) in [4.78, 5) is 21.2. The highest BCUT2D eigenvalue weighted by atomic mass is 16.4. The molecule has 5 heteroatoms. The van der Waals surface area contributed by atoms with Gasteiger partial charge in [-0.15, -0.1) is 0 Å². The molecule has 0 aromatic heterocycles. The van der Waals surface area contributed by atoms with Crippen molar-refractivity contribution in [3.8, 4) is 5.75 Å². The molecule has 3 N–H and O–H groups in total. The topological polar surface area (TPSA) is 86.6 Å². The number of rotatable bonds is 3. The number of carbonyl (C=O) groups is 2. The van der Waals surface area contributed by atoms with Gasteiger partial charge < -0.3 is 15.5 Å². The van der Waals surface area contributed by atoms with E-state index in [4.69, 9.17) is 5.11 Å². The molecular weight excluding hydrogens is 210 g/mol. The Morgan fingerprint density at radius 1 is 1.38 bits per heavy atom. The second kappa shape index (κ2) is 4.97. The highest BCUT2D eigenvalue weighted by Gasteiger charge is 2.03. The average Bonchev–Trinajstić information content (AvgIpc) is 2.15. The molecule has 1 rings (SSSR count). The lowest BCUT2D eigenvalue weighted by Crippen LogP contribution is -2.06. The second-order valence-corrected chi connectivity index (χ2v) is 3.12. The third-order valence-corrected chi connectivity index (χ3v) is 1.75. The standard InChI is InChI=1S/C11H11NO4/c1-7(13)12-10-6-9(14)4-2-8(10)3-5-11(15)16/h2-6,14H,1H3,(H,12,13)(H,15,16). The Hall–Kier alpha value is -2.30. The van der Waals surface area contributed by atoms with Gasteiger partial charge in [0.15, 0.2) is 0 Å². The van der Waals surface area contributed by atoms with Crippen molar-refractivity contribution in [2.45, 2.75) is 6.92 Å². The zero-order valence-electron chi connectivity index (χ0n) is 8.60. The zero-order chi connectivity index (χ0) is 12.1. The number of aromatic hydroxyl groups is 1. The minimum Gasteiger partial charge on any atom is -0.508 e. The van der Waals surface area contributed by atoms with Crippen molar-refractivity contribution in [1.29, 1.82) is 0 Å². The molecule has 1 amide bonds. The van der Waals surface area contributed by atoms with E-state index in [-0.39, 0.29) is 11.7 Å². The smallest absolute Gasteiger partial charge is 0.328 e. The molecule has 0 spiro atoms. The van der Waals surface area contributed by atoms with Crippen molar-refractivity contribution >= 4 is 23.6 Å². The van der Waals surface area contributed by atoms with Crippen LogP contribution in [0.25, 0.3) is 6.08 Å². The lowest BCUT2D eigenvalue weighted by molar-refractivity contribution is -0.131. The number of carboxylic acid groups (broad SMARTS) is 1. The van der Waals surface area contributed by atoms with Gasteiger partial charge in [0.25, 0.3) is 0 Å². The van der Waals surface area contributed by atoms with Gasteiger partial charge in [-0.25, -0.2) is 4.79 Å². The first-order valence-electron chi connectivity index (χ1n) is 4.50. The Bertz CT molecular complexity index is 451. The van der Waals surface area contributed by atoms with Gasteiger partial charge in [-0.1, -0.05) is 0 Å². The fourth-order valence-corrected chi connectivity index (χ4v) is 1.15. The Kier molecular flexibility index (Phi) is 3.66. The van der Waals surface area contributed by atoms with Crippen LogP contribution in [0.2, 0.25) is 0 Å². The van der Waals surface area contributed by atoms with Crippen LogP contribution in [-0.4, -0.2) is 22.1 Å². The summed E-state index contributed by atoms with van der Waals surface area (Å²) >= 11 is 0. The van der Waals surface area contributed by atoms with Crippen LogP contribution in [0.15, 0.2) is 24.3 Å². The number of phenols is 1. The van der Waals surface area contributed by atoms with Crippen LogP contribution in [0.4, 0.5) is 5.69 Å². The fourth-order valence-electron chi connectivity index (χ4n) is 1.15. The summed E-state index contributed by atoms with van der Waals surface area (Å²) in [7, 11) is 0. The molecule has 0 atom stereocenters. The molecule has 0 bridgehead atoms. The van der Waals surface area contributed by atoms with E-state index in [0.29, 0.717) is 11.3 Å². The second-order valence-electron chi connectivity index (χ2n) is 3.12. The largest absolute Gasteiger partial charge is 0.508 e. The lowest BCUT2D eigenvalue weighted by atomic mass is 10.1. The SMILES string of the molecule is CC(=O)Nc1cc(O)ccc1C=CC(=O)O. The maximum Gasteiger partial charge on any atom is 0.328 e. The van der Waals surface area contributed by atoms with E-state index in [2.05, 4.69) is 5.32 Å². The third kappa shape index (κ3) is 3.45. The normalized spacial score (nSPS) is 10.3. The first-order chi connectivity index (χ1) is 7.49. The van der Waals surface area contributed by atoms with Gasteiger partial charge in [-0.05, 0) is 23.8 Å². The van der Waals surface area contributed by atoms with Gasteiger partial charge in [-0.3, -0.25) is 4.79 Å². The molecule has 5 nitrogen and oxygen atoms in total. The van der Waals surface area contributed by atoms with Gasteiger partial charge >= 0.3 is 5.97 Å². The van der Waals surface area contributed by atoms with Crippen molar-refractivity contribution < 1.29 is 19.8 Å². The summed E-state index contributed by atoms with van der Waals surface area (Å²) in [5.41, 5.74) is 0.875. The van der Waals surface area contributed by atoms with Crippen molar-refractivity contribution in [3.05, 3.63) is 29.8 Å². The quantitative estimate of drug-likeness (QED) is 0.674. The van der Waals surface area contributed by atoms with E-state index in [9.17, 15) is 14.7 Å². The van der Waals surface area contributed by atoms with Crippen molar-refractivity contribution in [2.75, 3.05) is 5.32 Å². The molecule has 84 valence electrons. The van der Waals surface area contributed by atoms with Crippen molar-refractivity contribution in [1.82, 2.24) is 0 Å². The van der Waals surface area contributed by atoms with Crippen LogP contribution in [-0.2, 0) is 9.59 Å². The summed E-state index contributed by atoms with van der Waals surface area (Å²) in [6.07, 6.45) is 2.30. The van der Waals surface area contributed by atoms with Gasteiger partial charge in [0.05, 0.1) is 5.69 Å². The lowest BCUT2D eigenvalue weighted by Gasteiger charge is -2.06. The maximum atomic E-state index is 10.9. The molecule has 0 aliphatic heterocycles. The van der Waals surface area contributed by atoms with Crippen LogP contribution in [0.1, 0.15) is 12.5 Å². The fraction of sp³-hybridized carbons (Fsp3) is 0.0909. The summed E-state index contributed by atoms with van der Waals surface area (Å²) in [5, 5.41) is 20.2. The van der Waals surface area contributed by atoms with Gasteiger partial charge in [-0.2, -0.15) is 0 Å². The zero-order valence-corrected chi connectivity index (χ0v) is 8.60. The molecule has 0 aliphatic carbocycles. The van der Waals surface area contributed by atoms with E-state index in [1.54, 1.807) is 0 Å². The number of carbonyl (C=O) groups excluding carboxylic acids is 1. The van der Waals surface area contributed by atoms with Gasteiger partial charge in [0, 0.05) is 19.1 Å². The number of anilines is 1. The number of hydrogen-bond acceptors (Lipinski definition) is 3. The molecule has 0 aliphatic rings. The highest BCUT2D eigenvalue weighted by Crippen LogP contribution is 2.22. The highest BCUT2D eigenvalue weighted by molar-refractivity contribution is 5.93. The number of hydrogen-bond donors (Lipinski definition) is 3. The molecule has 0 saturated heterocycles. The molecule has 0 heterocycles. The Labute approximate surface area is 92.0 Å². The molecule has 0 saturated carbocycles. The Morgan fingerprint density at radius 3 is 2.62 bits per heavy atom. The summed E-state index contributed by atoms with van der Waals surface area (Å²) in [6, 6.07) is 4.27. The molecule has 16 heavy (non-hydrogen) atoms. The van der Waals surface area contributed by atoms with E-state index in [1.807, 2.05) is 0 Å². The minimum atomic E-state index is -1.08. The first kappa shape index (κ1) is 11.8. The van der Waals surface area contributed by atoms with Gasteiger partial charge in [0.1, 0.15) is 5.75 Å². The Balaban J connectivity index is 3.06. The first-order valence-corrected chi connectivity index (χ1v) is 4.50. The third-order valence-electron chi connectivity index (χ3n) is 1.75. The molecule has 0 unspecified atom stereocenters. The van der Waals surface area contributed by atoms with Crippen LogP contribution < -0.4 is 5.32 Å². The number of amides is 1. The molecule has 0 fully saturated rings.